The van der Waals surface area contributed by atoms with Gasteiger partial charge in [0.15, 0.2) is 0 Å². The molecule has 1 saturated heterocycles. The highest BCUT2D eigenvalue weighted by atomic mass is 35.5. The SMILES string of the molecule is Cc1nn(-c2ccc(F)cc2)c(C)c1CNC(C)CN1CCCC1=O.Cl. The zero-order valence-corrected chi connectivity index (χ0v) is 16.3. The number of halogens is 2. The van der Waals surface area contributed by atoms with Crippen molar-refractivity contribution in [3.8, 4) is 5.69 Å². The van der Waals surface area contributed by atoms with Gasteiger partial charge in [-0.3, -0.25) is 4.79 Å². The number of aromatic nitrogens is 2. The molecule has 2 heterocycles. The number of nitrogens with zero attached hydrogens (tertiary/aromatic N) is 3. The number of hydrogen-bond acceptors (Lipinski definition) is 3. The molecule has 0 spiro atoms. The number of carbonyl (C=O) groups is 1. The molecule has 1 aromatic heterocycles. The Morgan fingerprint density at radius 3 is 2.58 bits per heavy atom. The highest BCUT2D eigenvalue weighted by Crippen LogP contribution is 2.18. The number of carbonyl (C=O) groups excluding carboxylic acids is 1. The maximum atomic E-state index is 13.1. The third-order valence-electron chi connectivity index (χ3n) is 4.81. The van der Waals surface area contributed by atoms with Crippen LogP contribution < -0.4 is 5.32 Å². The summed E-state index contributed by atoms with van der Waals surface area (Å²) in [4.78, 5) is 13.7. The monoisotopic (exact) mass is 380 g/mol. The summed E-state index contributed by atoms with van der Waals surface area (Å²) >= 11 is 0. The lowest BCUT2D eigenvalue weighted by Gasteiger charge is -2.21. The fourth-order valence-electron chi connectivity index (χ4n) is 3.33. The van der Waals surface area contributed by atoms with Crippen molar-refractivity contribution in [1.82, 2.24) is 20.0 Å². The van der Waals surface area contributed by atoms with Crippen LogP contribution in [0.4, 0.5) is 4.39 Å². The van der Waals surface area contributed by atoms with Crippen LogP contribution in [0.25, 0.3) is 5.69 Å². The van der Waals surface area contributed by atoms with Gasteiger partial charge in [-0.2, -0.15) is 5.10 Å². The van der Waals surface area contributed by atoms with Crippen LogP contribution in [-0.4, -0.2) is 39.7 Å². The van der Waals surface area contributed by atoms with Crippen LogP contribution in [0, 0.1) is 19.7 Å². The predicted molar refractivity (Wildman–Crippen MR) is 102 cm³/mol. The molecule has 142 valence electrons. The standard InChI is InChI=1S/C19H25FN4O.ClH/c1-13(12-23-10-4-5-19(23)25)21-11-18-14(2)22-24(15(18)3)17-8-6-16(20)7-9-17;/h6-9,13,21H,4-5,10-12H2,1-3H3;1H. The maximum Gasteiger partial charge on any atom is 0.222 e. The van der Waals surface area contributed by atoms with E-state index in [1.807, 2.05) is 23.4 Å². The number of nitrogens with one attached hydrogen (secondary N) is 1. The van der Waals surface area contributed by atoms with Crippen LogP contribution in [-0.2, 0) is 11.3 Å². The largest absolute Gasteiger partial charge is 0.341 e. The van der Waals surface area contributed by atoms with E-state index in [-0.39, 0.29) is 30.2 Å². The summed E-state index contributed by atoms with van der Waals surface area (Å²) in [6, 6.07) is 6.56. The first kappa shape index (κ1) is 20.4. The van der Waals surface area contributed by atoms with Gasteiger partial charge in [-0.25, -0.2) is 9.07 Å². The Kier molecular flexibility index (Phi) is 6.78. The minimum absolute atomic E-state index is 0. The molecule has 5 nitrogen and oxygen atoms in total. The second-order valence-electron chi connectivity index (χ2n) is 6.76. The Morgan fingerprint density at radius 2 is 1.96 bits per heavy atom. The topological polar surface area (TPSA) is 50.2 Å². The summed E-state index contributed by atoms with van der Waals surface area (Å²) in [6.45, 7) is 8.41. The lowest BCUT2D eigenvalue weighted by Crippen LogP contribution is -2.39. The van der Waals surface area contributed by atoms with Crippen LogP contribution >= 0.6 is 12.4 Å². The molecule has 3 rings (SSSR count). The molecule has 1 N–H and O–H groups in total. The van der Waals surface area contributed by atoms with Gasteiger partial charge in [0.25, 0.3) is 0 Å². The number of rotatable bonds is 6. The van der Waals surface area contributed by atoms with Crippen LogP contribution in [0.2, 0.25) is 0 Å². The molecule has 26 heavy (non-hydrogen) atoms. The van der Waals surface area contributed by atoms with Gasteiger partial charge in [0.2, 0.25) is 5.91 Å². The molecular formula is C19H26ClFN4O. The van der Waals surface area contributed by atoms with Gasteiger partial charge in [-0.1, -0.05) is 0 Å². The Hall–Kier alpha value is -1.92. The lowest BCUT2D eigenvalue weighted by molar-refractivity contribution is -0.127. The number of benzene rings is 1. The molecule has 0 bridgehead atoms. The molecular weight excluding hydrogens is 355 g/mol. The van der Waals surface area contributed by atoms with Gasteiger partial charge in [0.1, 0.15) is 5.82 Å². The predicted octanol–water partition coefficient (Wildman–Crippen LogP) is 3.15. The van der Waals surface area contributed by atoms with E-state index in [1.54, 1.807) is 12.1 Å². The molecule has 1 aliphatic rings. The third kappa shape index (κ3) is 4.43. The maximum absolute atomic E-state index is 13.1. The third-order valence-corrected chi connectivity index (χ3v) is 4.81. The summed E-state index contributed by atoms with van der Waals surface area (Å²) in [7, 11) is 0. The van der Waals surface area contributed by atoms with Crippen LogP contribution in [0.5, 0.6) is 0 Å². The molecule has 0 aliphatic carbocycles. The van der Waals surface area contributed by atoms with E-state index < -0.39 is 0 Å². The van der Waals surface area contributed by atoms with Crippen LogP contribution in [0.15, 0.2) is 24.3 Å². The fourth-order valence-corrected chi connectivity index (χ4v) is 3.33. The van der Waals surface area contributed by atoms with Gasteiger partial charge in [0, 0.05) is 43.4 Å². The summed E-state index contributed by atoms with van der Waals surface area (Å²) < 4.78 is 15.0. The van der Waals surface area contributed by atoms with E-state index in [9.17, 15) is 9.18 Å². The first-order valence-corrected chi connectivity index (χ1v) is 8.78. The minimum atomic E-state index is -0.252. The molecule has 1 atom stereocenters. The molecule has 2 aromatic rings. The Bertz CT molecular complexity index is 760. The van der Waals surface area contributed by atoms with E-state index >= 15 is 0 Å². The molecule has 1 unspecified atom stereocenters. The van der Waals surface area contributed by atoms with E-state index in [1.165, 1.54) is 12.1 Å². The smallest absolute Gasteiger partial charge is 0.222 e. The molecule has 1 aromatic carbocycles. The number of amides is 1. The van der Waals surface area contributed by atoms with Crippen molar-refractivity contribution in [3.63, 3.8) is 0 Å². The lowest BCUT2D eigenvalue weighted by atomic mass is 10.2. The van der Waals surface area contributed by atoms with Crippen molar-refractivity contribution in [2.24, 2.45) is 0 Å². The van der Waals surface area contributed by atoms with Crippen LogP contribution in [0.1, 0.15) is 36.7 Å². The quantitative estimate of drug-likeness (QED) is 0.837. The van der Waals surface area contributed by atoms with Gasteiger partial charge in [-0.05, 0) is 51.5 Å². The normalized spacial score (nSPS) is 15.2. The van der Waals surface area contributed by atoms with E-state index in [0.717, 1.165) is 42.1 Å². The molecule has 7 heteroatoms. The van der Waals surface area contributed by atoms with Crippen molar-refractivity contribution in [3.05, 3.63) is 47.0 Å². The number of likely N-dealkylation sites (tertiary alicyclic amines) is 1. The van der Waals surface area contributed by atoms with Crippen molar-refractivity contribution in [2.75, 3.05) is 13.1 Å². The van der Waals surface area contributed by atoms with Gasteiger partial charge >= 0.3 is 0 Å². The summed E-state index contributed by atoms with van der Waals surface area (Å²) in [5.74, 6) is 0.00240. The highest BCUT2D eigenvalue weighted by molar-refractivity contribution is 5.85. The highest BCUT2D eigenvalue weighted by Gasteiger charge is 2.22. The number of aryl methyl sites for hydroxylation is 1. The summed E-state index contributed by atoms with van der Waals surface area (Å²) in [5, 5.41) is 8.09. The van der Waals surface area contributed by atoms with Gasteiger partial charge in [-0.15, -0.1) is 12.4 Å². The first-order chi connectivity index (χ1) is 12.0. The van der Waals surface area contributed by atoms with Gasteiger partial charge in [0.05, 0.1) is 11.4 Å². The Morgan fingerprint density at radius 1 is 1.27 bits per heavy atom. The van der Waals surface area contributed by atoms with Crippen molar-refractivity contribution < 1.29 is 9.18 Å². The first-order valence-electron chi connectivity index (χ1n) is 8.78. The zero-order chi connectivity index (χ0) is 18.0. The molecule has 0 radical (unpaired) electrons. The van der Waals surface area contributed by atoms with Crippen molar-refractivity contribution >= 4 is 18.3 Å². The molecule has 1 amide bonds. The average molecular weight is 381 g/mol. The fraction of sp³-hybridized carbons (Fsp3) is 0.474. The van der Waals surface area contributed by atoms with E-state index in [4.69, 9.17) is 0 Å². The van der Waals surface area contributed by atoms with Crippen molar-refractivity contribution in [2.45, 2.75) is 46.2 Å². The average Bonchev–Trinajstić information content (AvgIpc) is 3.10. The van der Waals surface area contributed by atoms with E-state index in [0.29, 0.717) is 13.0 Å². The second kappa shape index (κ2) is 8.64. The Labute approximate surface area is 160 Å². The van der Waals surface area contributed by atoms with Gasteiger partial charge < -0.3 is 10.2 Å². The minimum Gasteiger partial charge on any atom is -0.341 e. The van der Waals surface area contributed by atoms with Crippen LogP contribution in [0.3, 0.4) is 0 Å². The molecule has 0 saturated carbocycles. The zero-order valence-electron chi connectivity index (χ0n) is 15.5. The molecule has 1 aliphatic heterocycles. The van der Waals surface area contributed by atoms with E-state index in [2.05, 4.69) is 17.3 Å². The second-order valence-corrected chi connectivity index (χ2v) is 6.76. The number of hydrogen-bond donors (Lipinski definition) is 1. The Balaban J connectivity index is 0.00000243. The summed E-state index contributed by atoms with van der Waals surface area (Å²) in [6.07, 6.45) is 1.64. The van der Waals surface area contributed by atoms with Crippen molar-refractivity contribution in [1.29, 1.82) is 0 Å². The molecule has 1 fully saturated rings. The summed E-state index contributed by atoms with van der Waals surface area (Å²) in [5.41, 5.74) is 3.99.